The molecule has 0 heterocycles. The van der Waals surface area contributed by atoms with E-state index in [0.717, 1.165) is 37.0 Å². The minimum absolute atomic E-state index is 0.00945. The molecule has 0 spiro atoms. The summed E-state index contributed by atoms with van der Waals surface area (Å²) in [7, 11) is 3.48. The maximum absolute atomic E-state index is 12.1. The predicted molar refractivity (Wildman–Crippen MR) is 93.0 cm³/mol. The number of nitrogens with zero attached hydrogens (tertiary/aromatic N) is 1. The molecular weight excluding hydrogens is 306 g/mol. The summed E-state index contributed by atoms with van der Waals surface area (Å²) in [6, 6.07) is 7.52. The van der Waals surface area contributed by atoms with Crippen LogP contribution in [-0.4, -0.2) is 43.6 Å². The lowest BCUT2D eigenvalue weighted by Gasteiger charge is -2.25. The minimum Gasteiger partial charge on any atom is -0.496 e. The first kappa shape index (κ1) is 18.3. The molecule has 0 bridgehead atoms. The van der Waals surface area contributed by atoms with Crippen molar-refractivity contribution in [1.29, 1.82) is 0 Å². The number of benzene rings is 1. The Labute approximate surface area is 143 Å². The van der Waals surface area contributed by atoms with E-state index in [1.54, 1.807) is 7.11 Å². The molecule has 1 aliphatic rings. The van der Waals surface area contributed by atoms with E-state index in [-0.39, 0.29) is 24.5 Å². The van der Waals surface area contributed by atoms with Crippen molar-refractivity contribution >= 4 is 11.9 Å². The zero-order valence-electron chi connectivity index (χ0n) is 14.7. The van der Waals surface area contributed by atoms with Crippen LogP contribution in [0.4, 0.5) is 4.79 Å². The molecule has 6 nitrogen and oxygen atoms in total. The number of para-hydroxylation sites is 1. The van der Waals surface area contributed by atoms with E-state index < -0.39 is 6.03 Å². The van der Waals surface area contributed by atoms with Gasteiger partial charge < -0.3 is 10.1 Å². The summed E-state index contributed by atoms with van der Waals surface area (Å²) in [5, 5.41) is 5.26. The SMILES string of the molecule is COc1ccccc1[C@H](C)N(C)CC(=O)NC(=O)NC1CCCC1. The number of ether oxygens (including phenoxy) is 1. The fraction of sp³-hybridized carbons (Fsp3) is 0.556. The summed E-state index contributed by atoms with van der Waals surface area (Å²) in [5.41, 5.74) is 1.01. The molecule has 1 atom stereocenters. The molecule has 0 saturated heterocycles. The van der Waals surface area contributed by atoms with Crippen LogP contribution in [0.25, 0.3) is 0 Å². The molecule has 3 amide bonds. The third kappa shape index (κ3) is 4.96. The molecule has 1 saturated carbocycles. The highest BCUT2D eigenvalue weighted by atomic mass is 16.5. The van der Waals surface area contributed by atoms with Gasteiger partial charge >= 0.3 is 6.03 Å². The number of hydrogen-bond donors (Lipinski definition) is 2. The van der Waals surface area contributed by atoms with Crippen LogP contribution < -0.4 is 15.4 Å². The molecule has 1 aromatic carbocycles. The van der Waals surface area contributed by atoms with Crippen LogP contribution in [0, 0.1) is 0 Å². The van der Waals surface area contributed by atoms with E-state index in [2.05, 4.69) is 10.6 Å². The van der Waals surface area contributed by atoms with Crippen molar-refractivity contribution in [3.63, 3.8) is 0 Å². The number of hydrogen-bond acceptors (Lipinski definition) is 4. The highest BCUT2D eigenvalue weighted by Crippen LogP contribution is 2.27. The quantitative estimate of drug-likeness (QED) is 0.839. The van der Waals surface area contributed by atoms with Gasteiger partial charge in [0, 0.05) is 17.6 Å². The first-order valence-electron chi connectivity index (χ1n) is 8.44. The van der Waals surface area contributed by atoms with Gasteiger partial charge in [-0.25, -0.2) is 4.79 Å². The molecule has 1 aliphatic carbocycles. The number of rotatable bonds is 6. The number of imide groups is 1. The maximum atomic E-state index is 12.1. The minimum atomic E-state index is -0.398. The monoisotopic (exact) mass is 333 g/mol. The van der Waals surface area contributed by atoms with Gasteiger partial charge in [-0.2, -0.15) is 0 Å². The van der Waals surface area contributed by atoms with Crippen molar-refractivity contribution in [2.24, 2.45) is 0 Å². The summed E-state index contributed by atoms with van der Waals surface area (Å²) in [6.07, 6.45) is 4.26. The van der Waals surface area contributed by atoms with Crippen LogP contribution in [-0.2, 0) is 4.79 Å². The lowest BCUT2D eigenvalue weighted by molar-refractivity contribution is -0.121. The molecule has 0 unspecified atom stereocenters. The second-order valence-electron chi connectivity index (χ2n) is 6.34. The highest BCUT2D eigenvalue weighted by Gasteiger charge is 2.21. The molecule has 0 radical (unpaired) electrons. The molecule has 1 aromatic rings. The van der Waals surface area contributed by atoms with Crippen molar-refractivity contribution in [3.05, 3.63) is 29.8 Å². The number of carbonyl (C=O) groups excluding carboxylic acids is 2. The molecule has 0 aromatic heterocycles. The van der Waals surface area contributed by atoms with Gasteiger partial charge in [0.15, 0.2) is 0 Å². The summed E-state index contributed by atoms with van der Waals surface area (Å²) in [5.74, 6) is 0.478. The third-order valence-corrected chi connectivity index (χ3v) is 4.59. The van der Waals surface area contributed by atoms with Gasteiger partial charge in [0.25, 0.3) is 0 Å². The fourth-order valence-corrected chi connectivity index (χ4v) is 3.07. The second-order valence-corrected chi connectivity index (χ2v) is 6.34. The molecule has 2 rings (SSSR count). The number of likely N-dealkylation sites (N-methyl/N-ethyl adjacent to an activating group) is 1. The van der Waals surface area contributed by atoms with Gasteiger partial charge in [0.2, 0.25) is 5.91 Å². The molecule has 132 valence electrons. The normalized spacial score (nSPS) is 16.0. The zero-order chi connectivity index (χ0) is 17.5. The molecule has 6 heteroatoms. The van der Waals surface area contributed by atoms with E-state index in [1.807, 2.05) is 43.1 Å². The van der Waals surface area contributed by atoms with Crippen LogP contribution in [0.2, 0.25) is 0 Å². The Bertz CT molecular complexity index is 570. The van der Waals surface area contributed by atoms with Crippen molar-refractivity contribution in [2.75, 3.05) is 20.7 Å². The number of nitrogens with one attached hydrogen (secondary N) is 2. The molecular formula is C18H27N3O3. The Balaban J connectivity index is 1.84. The van der Waals surface area contributed by atoms with Crippen LogP contribution >= 0.6 is 0 Å². The van der Waals surface area contributed by atoms with Gasteiger partial charge in [0.05, 0.1) is 13.7 Å². The number of carbonyl (C=O) groups is 2. The van der Waals surface area contributed by atoms with Gasteiger partial charge in [-0.05, 0) is 32.9 Å². The van der Waals surface area contributed by atoms with Crippen LogP contribution in [0.1, 0.15) is 44.2 Å². The average molecular weight is 333 g/mol. The Kier molecular flexibility index (Phi) is 6.61. The molecule has 2 N–H and O–H groups in total. The Hall–Kier alpha value is -2.08. The smallest absolute Gasteiger partial charge is 0.321 e. The summed E-state index contributed by atoms with van der Waals surface area (Å²) in [4.78, 5) is 25.8. The van der Waals surface area contributed by atoms with Crippen molar-refractivity contribution in [1.82, 2.24) is 15.5 Å². The van der Waals surface area contributed by atoms with Crippen LogP contribution in [0.3, 0.4) is 0 Å². The van der Waals surface area contributed by atoms with Gasteiger partial charge in [-0.15, -0.1) is 0 Å². The van der Waals surface area contributed by atoms with E-state index in [1.165, 1.54) is 0 Å². The summed E-state index contributed by atoms with van der Waals surface area (Å²) in [6.45, 7) is 2.14. The molecule has 1 fully saturated rings. The second kappa shape index (κ2) is 8.68. The largest absolute Gasteiger partial charge is 0.496 e. The van der Waals surface area contributed by atoms with E-state index in [9.17, 15) is 9.59 Å². The van der Waals surface area contributed by atoms with Gasteiger partial charge in [-0.3, -0.25) is 15.0 Å². The Morgan fingerprint density at radius 1 is 1.29 bits per heavy atom. The average Bonchev–Trinajstić information content (AvgIpc) is 3.06. The first-order valence-corrected chi connectivity index (χ1v) is 8.44. The van der Waals surface area contributed by atoms with E-state index in [0.29, 0.717) is 0 Å². The maximum Gasteiger partial charge on any atom is 0.321 e. The molecule has 24 heavy (non-hydrogen) atoms. The fourth-order valence-electron chi connectivity index (χ4n) is 3.07. The Morgan fingerprint density at radius 2 is 1.96 bits per heavy atom. The van der Waals surface area contributed by atoms with Crippen molar-refractivity contribution in [3.8, 4) is 5.75 Å². The summed E-state index contributed by atoms with van der Waals surface area (Å²) < 4.78 is 5.37. The first-order chi connectivity index (χ1) is 11.5. The van der Waals surface area contributed by atoms with E-state index >= 15 is 0 Å². The van der Waals surface area contributed by atoms with Gasteiger partial charge in [-0.1, -0.05) is 31.0 Å². The standard InChI is InChI=1S/C18H27N3O3/c1-13(15-10-6-7-11-16(15)24-3)21(2)12-17(22)20-18(23)19-14-8-4-5-9-14/h6-7,10-11,13-14H,4-5,8-9,12H2,1-3H3,(H2,19,20,22,23)/t13-/m0/s1. The predicted octanol–water partition coefficient (Wildman–Crippen LogP) is 2.46. The number of amides is 3. The zero-order valence-corrected chi connectivity index (χ0v) is 14.7. The van der Waals surface area contributed by atoms with Gasteiger partial charge in [0.1, 0.15) is 5.75 Å². The lowest BCUT2D eigenvalue weighted by atomic mass is 10.1. The highest BCUT2D eigenvalue weighted by molar-refractivity contribution is 5.95. The lowest BCUT2D eigenvalue weighted by Crippen LogP contribution is -2.46. The van der Waals surface area contributed by atoms with E-state index in [4.69, 9.17) is 4.74 Å². The summed E-state index contributed by atoms with van der Waals surface area (Å²) >= 11 is 0. The van der Waals surface area contributed by atoms with Crippen LogP contribution in [0.5, 0.6) is 5.75 Å². The topological polar surface area (TPSA) is 70.7 Å². The number of urea groups is 1. The molecule has 0 aliphatic heterocycles. The number of methoxy groups -OCH3 is 1. The third-order valence-electron chi connectivity index (χ3n) is 4.59. The van der Waals surface area contributed by atoms with Crippen molar-refractivity contribution < 1.29 is 14.3 Å². The Morgan fingerprint density at radius 3 is 2.62 bits per heavy atom. The van der Waals surface area contributed by atoms with Crippen molar-refractivity contribution in [2.45, 2.75) is 44.7 Å². The van der Waals surface area contributed by atoms with Crippen LogP contribution in [0.15, 0.2) is 24.3 Å².